The number of halogens is 4. The van der Waals surface area contributed by atoms with Gasteiger partial charge in [-0.25, -0.2) is 14.2 Å². The molecule has 232 valence electrons. The fourth-order valence-electron chi connectivity index (χ4n) is 4.09. The maximum atomic E-state index is 14.3. The molecule has 3 aromatic heterocycles. The lowest BCUT2D eigenvalue weighted by Crippen LogP contribution is -2.37. The number of carbonyl (C=O) groups is 3. The van der Waals surface area contributed by atoms with E-state index in [-0.39, 0.29) is 60.1 Å². The first kappa shape index (κ1) is 32.8. The van der Waals surface area contributed by atoms with Crippen molar-refractivity contribution in [2.24, 2.45) is 5.92 Å². The van der Waals surface area contributed by atoms with E-state index in [0.29, 0.717) is 0 Å². The lowest BCUT2D eigenvalue weighted by atomic mass is 10.0. The second-order valence-corrected chi connectivity index (χ2v) is 9.99. The molecule has 0 aliphatic rings. The number of carboxylic acid groups (broad SMARTS) is 1. The van der Waals surface area contributed by atoms with Crippen LogP contribution >= 0.6 is 0 Å². The van der Waals surface area contributed by atoms with Crippen LogP contribution in [0.3, 0.4) is 0 Å². The number of hydrogen-bond donors (Lipinski definition) is 3. The van der Waals surface area contributed by atoms with Crippen molar-refractivity contribution < 1.29 is 37.1 Å². The molecule has 3 rings (SSSR count). The van der Waals surface area contributed by atoms with Gasteiger partial charge in [-0.05, 0) is 31.1 Å². The van der Waals surface area contributed by atoms with Gasteiger partial charge < -0.3 is 29.8 Å². The molecule has 0 saturated carbocycles. The molecule has 0 aliphatic carbocycles. The largest absolute Gasteiger partial charge is 0.465 e. The predicted octanol–water partition coefficient (Wildman–Crippen LogP) is 3.39. The Kier molecular flexibility index (Phi) is 10.6. The average Bonchev–Trinajstić information content (AvgIpc) is 3.36. The van der Waals surface area contributed by atoms with Gasteiger partial charge >= 0.3 is 12.3 Å². The number of alkyl halides is 3. The van der Waals surface area contributed by atoms with Crippen molar-refractivity contribution in [3.63, 3.8) is 0 Å². The van der Waals surface area contributed by atoms with Crippen LogP contribution in [0.5, 0.6) is 0 Å². The molecule has 3 N–H and O–H groups in total. The van der Waals surface area contributed by atoms with Gasteiger partial charge in [0.15, 0.2) is 5.82 Å². The third-order valence-corrected chi connectivity index (χ3v) is 6.42. The summed E-state index contributed by atoms with van der Waals surface area (Å²) in [5, 5.41) is 11.8. The summed E-state index contributed by atoms with van der Waals surface area (Å²) in [5.41, 5.74) is -1.04. The number of anilines is 1. The lowest BCUT2D eigenvalue weighted by molar-refractivity contribution is -0.134. The van der Waals surface area contributed by atoms with E-state index in [4.69, 9.17) is 0 Å². The molecule has 0 aliphatic heterocycles. The van der Waals surface area contributed by atoms with Crippen molar-refractivity contribution in [1.82, 2.24) is 29.3 Å². The van der Waals surface area contributed by atoms with Gasteiger partial charge in [0.05, 0.1) is 29.9 Å². The smallest absolute Gasteiger partial charge is 0.407 e. The fourth-order valence-corrected chi connectivity index (χ4v) is 4.09. The lowest BCUT2D eigenvalue weighted by Gasteiger charge is -2.21. The Hall–Kier alpha value is -4.76. The van der Waals surface area contributed by atoms with Crippen LogP contribution < -0.4 is 10.9 Å². The molecule has 3 amide bonds. The van der Waals surface area contributed by atoms with Crippen molar-refractivity contribution in [3.8, 4) is 0 Å². The number of H-pyrrole nitrogens is 1. The molecule has 0 bridgehead atoms. The number of nitrogens with zero attached hydrogens (tertiary/aromatic N) is 5. The molecule has 0 fully saturated rings. The Balaban J connectivity index is 1.80. The first-order valence-electron chi connectivity index (χ1n) is 13.1. The number of fused-ring (bicyclic) bond motifs is 1. The number of imidazole rings is 1. The Morgan fingerprint density at radius 2 is 1.95 bits per heavy atom. The van der Waals surface area contributed by atoms with Crippen LogP contribution in [0.1, 0.15) is 30.8 Å². The molecule has 1 atom stereocenters. The number of carbonyl (C=O) groups excluding carboxylic acids is 2. The Bertz CT molecular complexity index is 1570. The SMILES string of the molecule is CN(C)C(=O)/C=C/CC[C@@H](CN(C)C(=O)O)C(=O)Nc1cccn(Cc2nc3c(F)cnc(CCC(F)(F)F)c3[nH]2)c1=O. The van der Waals surface area contributed by atoms with Crippen molar-refractivity contribution in [2.75, 3.05) is 33.0 Å². The van der Waals surface area contributed by atoms with Crippen molar-refractivity contribution in [1.29, 1.82) is 0 Å². The monoisotopic (exact) mass is 609 g/mol. The molecule has 0 unspecified atom stereocenters. The quantitative estimate of drug-likeness (QED) is 0.210. The predicted molar refractivity (Wildman–Crippen MR) is 148 cm³/mol. The maximum absolute atomic E-state index is 14.3. The molecule has 0 radical (unpaired) electrons. The second kappa shape index (κ2) is 13.9. The van der Waals surface area contributed by atoms with Gasteiger partial charge in [0.2, 0.25) is 11.8 Å². The minimum atomic E-state index is -4.44. The fraction of sp³-hybridized carbons (Fsp3) is 0.407. The van der Waals surface area contributed by atoms with Crippen LogP contribution in [0.25, 0.3) is 11.0 Å². The molecule has 43 heavy (non-hydrogen) atoms. The molecule has 12 nitrogen and oxygen atoms in total. The summed E-state index contributed by atoms with van der Waals surface area (Å²) in [6.07, 6.45) is -1.81. The zero-order valence-corrected chi connectivity index (χ0v) is 23.6. The highest BCUT2D eigenvalue weighted by molar-refractivity contribution is 5.92. The number of aryl methyl sites for hydroxylation is 1. The van der Waals surface area contributed by atoms with Gasteiger partial charge in [-0.3, -0.25) is 19.4 Å². The summed E-state index contributed by atoms with van der Waals surface area (Å²) in [6, 6.07) is 2.81. The maximum Gasteiger partial charge on any atom is 0.407 e. The summed E-state index contributed by atoms with van der Waals surface area (Å²) in [7, 11) is 4.46. The molecule has 0 aromatic carbocycles. The van der Waals surface area contributed by atoms with Gasteiger partial charge in [-0.2, -0.15) is 13.2 Å². The minimum Gasteiger partial charge on any atom is -0.465 e. The molecule has 3 heterocycles. The summed E-state index contributed by atoms with van der Waals surface area (Å²) in [5.74, 6) is -2.52. The van der Waals surface area contributed by atoms with E-state index in [9.17, 15) is 41.8 Å². The third kappa shape index (κ3) is 9.11. The Labute approximate surface area is 243 Å². The number of likely N-dealkylation sites (N-methyl/N-ethyl adjacent to an activating group) is 1. The first-order valence-corrected chi connectivity index (χ1v) is 13.1. The van der Waals surface area contributed by atoms with Gasteiger partial charge in [0, 0.05) is 46.7 Å². The van der Waals surface area contributed by atoms with Crippen molar-refractivity contribution >= 4 is 34.6 Å². The highest BCUT2D eigenvalue weighted by Gasteiger charge is 2.28. The van der Waals surface area contributed by atoms with E-state index < -0.39 is 48.3 Å². The third-order valence-electron chi connectivity index (χ3n) is 6.42. The summed E-state index contributed by atoms with van der Waals surface area (Å²) in [4.78, 5) is 62.3. The zero-order valence-electron chi connectivity index (χ0n) is 23.6. The highest BCUT2D eigenvalue weighted by Crippen LogP contribution is 2.25. The second-order valence-electron chi connectivity index (χ2n) is 9.99. The Morgan fingerprint density at radius 3 is 2.60 bits per heavy atom. The molecular weight excluding hydrogens is 578 g/mol. The van der Waals surface area contributed by atoms with Gasteiger partial charge in [0.25, 0.3) is 5.56 Å². The van der Waals surface area contributed by atoms with Crippen molar-refractivity contribution in [3.05, 3.63) is 64.4 Å². The van der Waals surface area contributed by atoms with E-state index in [0.717, 1.165) is 15.7 Å². The van der Waals surface area contributed by atoms with E-state index >= 15 is 0 Å². The van der Waals surface area contributed by atoms with Crippen molar-refractivity contribution in [2.45, 2.75) is 38.4 Å². The van der Waals surface area contributed by atoms with Gasteiger partial charge in [0.1, 0.15) is 17.0 Å². The number of aromatic nitrogens is 4. The van der Waals surface area contributed by atoms with Crippen LogP contribution in [0.2, 0.25) is 0 Å². The average molecular weight is 610 g/mol. The van der Waals surface area contributed by atoms with Crippen LogP contribution in [0, 0.1) is 11.7 Å². The molecule has 3 aromatic rings. The van der Waals surface area contributed by atoms with Gasteiger partial charge in [-0.1, -0.05) is 6.08 Å². The topological polar surface area (TPSA) is 154 Å². The number of rotatable bonds is 12. The number of allylic oxidation sites excluding steroid dienone is 1. The zero-order chi connectivity index (χ0) is 31.9. The first-order chi connectivity index (χ1) is 20.2. The van der Waals surface area contributed by atoms with Crippen LogP contribution in [0.4, 0.5) is 28.0 Å². The van der Waals surface area contributed by atoms with Gasteiger partial charge in [-0.15, -0.1) is 0 Å². The summed E-state index contributed by atoms with van der Waals surface area (Å²) in [6.45, 7) is -0.405. The van der Waals surface area contributed by atoms with E-state index in [1.807, 2.05) is 0 Å². The number of aromatic amines is 1. The van der Waals surface area contributed by atoms with E-state index in [2.05, 4.69) is 20.3 Å². The molecule has 16 heteroatoms. The normalized spacial score (nSPS) is 12.4. The molecule has 0 spiro atoms. The van der Waals surface area contributed by atoms with Crippen LogP contribution in [-0.2, 0) is 22.6 Å². The van der Waals surface area contributed by atoms with E-state index in [1.54, 1.807) is 20.2 Å². The van der Waals surface area contributed by atoms with Crippen LogP contribution in [0.15, 0.2) is 41.5 Å². The number of nitrogens with one attached hydrogen (secondary N) is 2. The van der Waals surface area contributed by atoms with Crippen LogP contribution in [-0.4, -0.2) is 86.2 Å². The van der Waals surface area contributed by atoms with E-state index in [1.165, 1.54) is 36.4 Å². The molecular formula is C27H31F4N7O5. The minimum absolute atomic E-state index is 0.0107. The number of pyridine rings is 2. The summed E-state index contributed by atoms with van der Waals surface area (Å²) < 4.78 is 53.7. The number of hydrogen-bond acceptors (Lipinski definition) is 6. The summed E-state index contributed by atoms with van der Waals surface area (Å²) >= 11 is 0. The highest BCUT2D eigenvalue weighted by atomic mass is 19.4. The standard InChI is InChI=1S/C27H31F4N7O5/c1-36(2)21(39)9-5-4-7-16(14-37(3)26(42)43)24(40)33-19-8-6-12-38(25(19)41)15-20-34-22-17(28)13-32-18(23(22)35-20)10-11-27(29,30)31/h5-6,8-9,12-13,16H,4,7,10-11,14-15H2,1-3H3,(H,33,40)(H,34,35)(H,42,43)/b9-5+/t16-/m0/s1. The molecule has 0 saturated heterocycles. The Morgan fingerprint density at radius 1 is 1.23 bits per heavy atom. The number of amides is 3.